The Morgan fingerprint density at radius 2 is 1.86 bits per heavy atom. The van der Waals surface area contributed by atoms with E-state index in [4.69, 9.17) is 4.74 Å². The zero-order valence-electron chi connectivity index (χ0n) is 14.8. The fourth-order valence-electron chi connectivity index (χ4n) is 1.84. The van der Waals surface area contributed by atoms with Crippen LogP contribution in [-0.2, 0) is 10.2 Å². The number of benzene rings is 1. The number of aromatic nitrogens is 3. The number of halogens is 3. The van der Waals surface area contributed by atoms with E-state index in [1.807, 2.05) is 10.6 Å². The lowest BCUT2D eigenvalue weighted by Gasteiger charge is -2.11. The number of aryl methyl sites for hydroxylation is 1. The number of urea groups is 1. The van der Waals surface area contributed by atoms with Gasteiger partial charge in [0.15, 0.2) is 0 Å². The number of carbonyl (C=O) groups is 1. The maximum atomic E-state index is 12.3. The van der Waals surface area contributed by atoms with E-state index in [0.29, 0.717) is 0 Å². The highest BCUT2D eigenvalue weighted by Crippen LogP contribution is 2.17. The molecule has 0 fully saturated rings. The molecule has 0 atom stereocenters. The minimum atomic E-state index is -4.76. The summed E-state index contributed by atoms with van der Waals surface area (Å²) in [7, 11) is -3.24. The van der Waals surface area contributed by atoms with Gasteiger partial charge in [0, 0.05) is 11.5 Å². The van der Waals surface area contributed by atoms with E-state index >= 15 is 0 Å². The van der Waals surface area contributed by atoms with Gasteiger partial charge in [-0.05, 0) is 19.1 Å². The van der Waals surface area contributed by atoms with E-state index in [1.165, 1.54) is 38.3 Å². The summed E-state index contributed by atoms with van der Waals surface area (Å²) >= 11 is 0. The van der Waals surface area contributed by atoms with Crippen LogP contribution in [-0.4, -0.2) is 42.7 Å². The summed E-state index contributed by atoms with van der Waals surface area (Å²) in [6.45, 7) is 1.49. The zero-order valence-corrected chi connectivity index (χ0v) is 15.6. The summed E-state index contributed by atoms with van der Waals surface area (Å²) in [5.41, 5.74) is -0.504. The number of ether oxygens (including phenoxy) is 1. The van der Waals surface area contributed by atoms with Gasteiger partial charge in [-0.15, -0.1) is 0 Å². The molecule has 0 spiro atoms. The van der Waals surface area contributed by atoms with Crippen molar-refractivity contribution in [3.05, 3.63) is 35.7 Å². The van der Waals surface area contributed by atoms with E-state index in [1.54, 1.807) is 4.72 Å². The molecule has 14 heteroatoms. The first kappa shape index (κ1) is 21.7. The molecule has 2 rings (SSSR count). The molecule has 29 heavy (non-hydrogen) atoms. The Bertz CT molecular complexity index is 1080. The second-order valence-corrected chi connectivity index (χ2v) is 6.56. The van der Waals surface area contributed by atoms with E-state index in [9.17, 15) is 26.4 Å². The number of rotatable bonds is 5. The second-order valence-electron chi connectivity index (χ2n) is 5.15. The van der Waals surface area contributed by atoms with Gasteiger partial charge in [0.2, 0.25) is 5.95 Å². The zero-order chi connectivity index (χ0) is 21.7. The van der Waals surface area contributed by atoms with Crippen molar-refractivity contribution in [2.45, 2.75) is 13.1 Å². The lowest BCUT2D eigenvalue weighted by molar-refractivity contribution is -0.0696. The fourth-order valence-corrected chi connectivity index (χ4v) is 2.66. The number of nitrogens with zero attached hydrogens (tertiary/aromatic N) is 3. The summed E-state index contributed by atoms with van der Waals surface area (Å²) in [5.74, 6) is 2.77. The molecular formula is C15H13F3N6O4S. The first-order valence-corrected chi connectivity index (χ1v) is 9.03. The van der Waals surface area contributed by atoms with Crippen molar-refractivity contribution in [2.24, 2.45) is 0 Å². The van der Waals surface area contributed by atoms with Gasteiger partial charge < -0.3 is 4.74 Å². The third-order valence-corrected chi connectivity index (χ3v) is 3.81. The highest BCUT2D eigenvalue weighted by molar-refractivity contribution is 7.91. The van der Waals surface area contributed by atoms with Crippen LogP contribution in [0.1, 0.15) is 11.4 Å². The molecule has 154 valence electrons. The summed E-state index contributed by atoms with van der Waals surface area (Å²) in [6.07, 6.45) is -4.76. The third kappa shape index (κ3) is 7.14. The van der Waals surface area contributed by atoms with Gasteiger partial charge in [0.1, 0.15) is 5.82 Å². The predicted molar refractivity (Wildman–Crippen MR) is 95.2 cm³/mol. The van der Waals surface area contributed by atoms with E-state index < -0.39 is 22.4 Å². The van der Waals surface area contributed by atoms with Crippen LogP contribution in [0.2, 0.25) is 0 Å². The highest BCUT2D eigenvalue weighted by atomic mass is 32.2. The minimum Gasteiger partial charge on any atom is -0.467 e. The second kappa shape index (κ2) is 8.61. The van der Waals surface area contributed by atoms with Crippen LogP contribution in [0.4, 0.5) is 29.6 Å². The molecule has 0 unspecified atom stereocenters. The number of methoxy groups -OCH3 is 1. The smallest absolute Gasteiger partial charge is 0.458 e. The fraction of sp³-hybridized carbons (Fsp3) is 0.200. The number of para-hydroxylation sites is 1. The minimum absolute atomic E-state index is 0.106. The maximum absolute atomic E-state index is 12.3. The standard InChI is InChI=1S/C15H13F3N6O4S/c1-9-19-12(22-14(20-9)28-2)21-13(25)24-29(26,27)23-11-6-4-3-5-10(11)7-8-15(16,17)18/h3-6,23H,1-2H3,(H2,19,20,21,22,24,25). The first-order valence-electron chi connectivity index (χ1n) is 7.54. The van der Waals surface area contributed by atoms with Crippen LogP contribution in [0.3, 0.4) is 0 Å². The summed E-state index contributed by atoms with van der Waals surface area (Å²) in [5, 5.41) is 2.07. The molecule has 1 aromatic carbocycles. The number of hydrogen-bond donors (Lipinski definition) is 3. The van der Waals surface area contributed by atoms with Crippen molar-refractivity contribution >= 4 is 27.9 Å². The van der Waals surface area contributed by atoms with Gasteiger partial charge in [0.05, 0.1) is 12.8 Å². The Kier molecular flexibility index (Phi) is 6.44. The molecular weight excluding hydrogens is 417 g/mol. The molecule has 0 aliphatic carbocycles. The average molecular weight is 430 g/mol. The number of carbonyl (C=O) groups excluding carboxylic acids is 1. The van der Waals surface area contributed by atoms with Crippen molar-refractivity contribution in [3.63, 3.8) is 0 Å². The maximum Gasteiger partial charge on any atom is 0.458 e. The number of hydrogen-bond acceptors (Lipinski definition) is 7. The van der Waals surface area contributed by atoms with Crippen molar-refractivity contribution < 1.29 is 31.1 Å². The molecule has 1 heterocycles. The van der Waals surface area contributed by atoms with E-state index in [0.717, 1.165) is 5.92 Å². The van der Waals surface area contributed by atoms with Gasteiger partial charge >= 0.3 is 28.4 Å². The van der Waals surface area contributed by atoms with Crippen LogP contribution in [0.5, 0.6) is 6.01 Å². The van der Waals surface area contributed by atoms with Crippen LogP contribution < -0.4 is 19.5 Å². The quantitative estimate of drug-likeness (QED) is 0.613. The van der Waals surface area contributed by atoms with Crippen molar-refractivity contribution in [2.75, 3.05) is 17.1 Å². The monoisotopic (exact) mass is 430 g/mol. The van der Waals surface area contributed by atoms with Crippen LogP contribution in [0.25, 0.3) is 0 Å². The SMILES string of the molecule is COc1nc(C)nc(NC(=O)NS(=O)(=O)Nc2ccccc2C#CC(F)(F)F)n1. The third-order valence-electron chi connectivity index (χ3n) is 2.87. The Morgan fingerprint density at radius 3 is 2.52 bits per heavy atom. The molecule has 0 saturated carbocycles. The Labute approximate surface area is 163 Å². The normalized spacial score (nSPS) is 11.1. The highest BCUT2D eigenvalue weighted by Gasteiger charge is 2.23. The summed E-state index contributed by atoms with van der Waals surface area (Å²) < 4.78 is 69.4. The lowest BCUT2D eigenvalue weighted by atomic mass is 10.2. The van der Waals surface area contributed by atoms with Crippen molar-refractivity contribution in [1.29, 1.82) is 0 Å². The Morgan fingerprint density at radius 1 is 1.17 bits per heavy atom. The Hall–Kier alpha value is -3.60. The molecule has 0 saturated heterocycles. The van der Waals surface area contributed by atoms with E-state index in [2.05, 4.69) is 20.3 Å². The summed E-state index contributed by atoms with van der Waals surface area (Å²) in [6, 6.07) is 3.76. The number of amides is 2. The van der Waals surface area contributed by atoms with Gasteiger partial charge in [-0.25, -0.2) is 9.52 Å². The average Bonchev–Trinajstić information content (AvgIpc) is 2.58. The molecule has 2 aromatic rings. The predicted octanol–water partition coefficient (Wildman–Crippen LogP) is 1.58. The molecule has 2 amide bonds. The number of anilines is 2. The van der Waals surface area contributed by atoms with Gasteiger partial charge in [0.25, 0.3) is 0 Å². The van der Waals surface area contributed by atoms with Gasteiger partial charge in [-0.2, -0.15) is 36.5 Å². The number of nitrogens with one attached hydrogen (secondary N) is 3. The van der Waals surface area contributed by atoms with Crippen LogP contribution >= 0.6 is 0 Å². The largest absolute Gasteiger partial charge is 0.467 e. The molecule has 0 bridgehead atoms. The number of alkyl halides is 3. The summed E-state index contributed by atoms with van der Waals surface area (Å²) in [4.78, 5) is 23.2. The van der Waals surface area contributed by atoms with Crippen LogP contribution in [0, 0.1) is 18.8 Å². The van der Waals surface area contributed by atoms with Gasteiger partial charge in [-0.3, -0.25) is 10.0 Å². The Balaban J connectivity index is 2.14. The molecule has 0 aliphatic heterocycles. The molecule has 3 N–H and O–H groups in total. The lowest BCUT2D eigenvalue weighted by Crippen LogP contribution is -2.38. The van der Waals surface area contributed by atoms with Gasteiger partial charge in [-0.1, -0.05) is 18.1 Å². The van der Waals surface area contributed by atoms with Crippen molar-refractivity contribution in [1.82, 2.24) is 19.7 Å². The van der Waals surface area contributed by atoms with E-state index in [-0.39, 0.29) is 29.0 Å². The van der Waals surface area contributed by atoms with Crippen molar-refractivity contribution in [3.8, 4) is 17.9 Å². The molecule has 10 nitrogen and oxygen atoms in total. The topological polar surface area (TPSA) is 135 Å². The molecule has 0 radical (unpaired) electrons. The molecule has 0 aliphatic rings. The first-order chi connectivity index (χ1) is 13.5. The van der Waals surface area contributed by atoms with Crippen LogP contribution in [0.15, 0.2) is 24.3 Å². The molecule has 1 aromatic heterocycles.